The third-order valence-corrected chi connectivity index (χ3v) is 7.51. The molecule has 0 spiro atoms. The van der Waals surface area contributed by atoms with Gasteiger partial charge in [0, 0.05) is 31.3 Å². The maximum Gasteiger partial charge on any atom is 0.258 e. The summed E-state index contributed by atoms with van der Waals surface area (Å²) in [7, 11) is 0. The summed E-state index contributed by atoms with van der Waals surface area (Å²) >= 11 is 5.88. The van der Waals surface area contributed by atoms with E-state index in [1.807, 2.05) is 42.2 Å². The number of halogens is 1. The van der Waals surface area contributed by atoms with E-state index in [1.165, 1.54) is 11.8 Å². The molecule has 3 aromatic rings. The van der Waals surface area contributed by atoms with Gasteiger partial charge in [0.1, 0.15) is 5.82 Å². The highest BCUT2D eigenvalue weighted by Crippen LogP contribution is 2.51. The molecule has 2 fully saturated rings. The lowest BCUT2D eigenvalue weighted by atomic mass is 9.91. The number of anilines is 2. The maximum absolute atomic E-state index is 13.1. The number of hydrogen-bond donors (Lipinski definition) is 2. The zero-order valence-electron chi connectivity index (χ0n) is 20.7. The summed E-state index contributed by atoms with van der Waals surface area (Å²) in [5, 5.41) is 6.11. The number of nitrogens with zero attached hydrogens (tertiary/aromatic N) is 2. The normalized spacial score (nSPS) is 15.9. The molecule has 1 saturated carbocycles. The van der Waals surface area contributed by atoms with Gasteiger partial charge in [-0.3, -0.25) is 14.4 Å². The fraction of sp³-hybridized carbons (Fsp3) is 0.310. The Kier molecular flexibility index (Phi) is 6.98. The van der Waals surface area contributed by atoms with Gasteiger partial charge in [-0.05, 0) is 80.0 Å². The summed E-state index contributed by atoms with van der Waals surface area (Å²) in [6.07, 6.45) is 6.24. The van der Waals surface area contributed by atoms with Crippen LogP contribution < -0.4 is 10.6 Å². The molecule has 8 heteroatoms. The van der Waals surface area contributed by atoms with E-state index < -0.39 is 0 Å². The fourth-order valence-corrected chi connectivity index (χ4v) is 4.99. The van der Waals surface area contributed by atoms with Crippen LogP contribution >= 0.6 is 11.6 Å². The van der Waals surface area contributed by atoms with Crippen molar-refractivity contribution in [1.82, 2.24) is 9.88 Å². The van der Waals surface area contributed by atoms with Crippen molar-refractivity contribution < 1.29 is 14.4 Å². The fourth-order valence-electron chi connectivity index (χ4n) is 4.88. The van der Waals surface area contributed by atoms with Gasteiger partial charge in [0.15, 0.2) is 0 Å². The summed E-state index contributed by atoms with van der Waals surface area (Å²) in [6.45, 7) is 3.54. The zero-order valence-corrected chi connectivity index (χ0v) is 21.5. The number of benzene rings is 2. The van der Waals surface area contributed by atoms with Gasteiger partial charge in [0.25, 0.3) is 11.8 Å². The molecule has 2 heterocycles. The average molecular weight is 517 g/mol. The molecule has 2 aromatic carbocycles. The summed E-state index contributed by atoms with van der Waals surface area (Å²) in [5.74, 6) is -0.0406. The van der Waals surface area contributed by atoms with Crippen LogP contribution in [0.15, 0.2) is 60.8 Å². The van der Waals surface area contributed by atoms with Crippen LogP contribution in [0.25, 0.3) is 0 Å². The molecule has 5 rings (SSSR count). The van der Waals surface area contributed by atoms with Gasteiger partial charge in [0.05, 0.1) is 16.3 Å². The zero-order chi connectivity index (χ0) is 26.0. The van der Waals surface area contributed by atoms with Crippen molar-refractivity contribution in [2.45, 2.75) is 44.4 Å². The Balaban J connectivity index is 1.26. The number of carbonyl (C=O) groups excluding carboxylic acids is 3. The van der Waals surface area contributed by atoms with Gasteiger partial charge in [-0.15, -0.1) is 0 Å². The molecule has 0 bridgehead atoms. The SMILES string of the molecule is Cc1ccc(NC(=O)c2ccc(C3(CCN4CCCC4=O)CC3)cc2)c(C(=O)Nc2ccc(Cl)cn2)c1. The Bertz CT molecular complexity index is 1330. The molecule has 1 aliphatic heterocycles. The molecule has 7 nitrogen and oxygen atoms in total. The molecule has 37 heavy (non-hydrogen) atoms. The largest absolute Gasteiger partial charge is 0.343 e. The second kappa shape index (κ2) is 10.3. The number of hydrogen-bond acceptors (Lipinski definition) is 4. The molecule has 0 radical (unpaired) electrons. The molecule has 2 aliphatic rings. The highest BCUT2D eigenvalue weighted by molar-refractivity contribution is 6.30. The molecular formula is C29H29ClN4O3. The quantitative estimate of drug-likeness (QED) is 0.408. The number of amides is 3. The number of rotatable bonds is 8. The van der Waals surface area contributed by atoms with Crippen molar-refractivity contribution in [1.29, 1.82) is 0 Å². The van der Waals surface area contributed by atoms with Gasteiger partial charge in [0.2, 0.25) is 5.91 Å². The highest BCUT2D eigenvalue weighted by atomic mass is 35.5. The first kappa shape index (κ1) is 25.0. The topological polar surface area (TPSA) is 91.4 Å². The third kappa shape index (κ3) is 5.67. The van der Waals surface area contributed by atoms with E-state index in [9.17, 15) is 14.4 Å². The van der Waals surface area contributed by atoms with E-state index in [4.69, 9.17) is 11.6 Å². The van der Waals surface area contributed by atoms with E-state index >= 15 is 0 Å². The number of nitrogens with one attached hydrogen (secondary N) is 2. The predicted molar refractivity (Wildman–Crippen MR) is 144 cm³/mol. The van der Waals surface area contributed by atoms with Crippen LogP contribution in [0.4, 0.5) is 11.5 Å². The number of pyridine rings is 1. The summed E-state index contributed by atoms with van der Waals surface area (Å²) in [4.78, 5) is 44.1. The molecule has 1 aliphatic carbocycles. The minimum atomic E-state index is -0.378. The molecule has 2 N–H and O–H groups in total. The van der Waals surface area contributed by atoms with E-state index in [-0.39, 0.29) is 23.1 Å². The molecular weight excluding hydrogens is 488 g/mol. The van der Waals surface area contributed by atoms with E-state index in [0.29, 0.717) is 34.1 Å². The van der Waals surface area contributed by atoms with Crippen molar-refractivity contribution in [2.24, 2.45) is 0 Å². The predicted octanol–water partition coefficient (Wildman–Crippen LogP) is 5.59. The second-order valence-electron chi connectivity index (χ2n) is 9.91. The van der Waals surface area contributed by atoms with Crippen molar-refractivity contribution in [3.05, 3.63) is 88.1 Å². The third-order valence-electron chi connectivity index (χ3n) is 7.28. The Morgan fingerprint density at radius 3 is 2.46 bits per heavy atom. The molecule has 190 valence electrons. The first-order chi connectivity index (χ1) is 17.8. The highest BCUT2D eigenvalue weighted by Gasteiger charge is 2.44. The van der Waals surface area contributed by atoms with Crippen LogP contribution in [0.5, 0.6) is 0 Å². The number of carbonyl (C=O) groups is 3. The smallest absolute Gasteiger partial charge is 0.258 e. The number of likely N-dealkylation sites (tertiary alicyclic amines) is 1. The second-order valence-corrected chi connectivity index (χ2v) is 10.3. The first-order valence-corrected chi connectivity index (χ1v) is 12.9. The van der Waals surface area contributed by atoms with Crippen LogP contribution in [-0.4, -0.2) is 40.7 Å². The monoisotopic (exact) mass is 516 g/mol. The van der Waals surface area contributed by atoms with Gasteiger partial charge in [-0.2, -0.15) is 0 Å². The van der Waals surface area contributed by atoms with Crippen molar-refractivity contribution in [3.8, 4) is 0 Å². The summed E-state index contributed by atoms with van der Waals surface area (Å²) < 4.78 is 0. The van der Waals surface area contributed by atoms with Gasteiger partial charge >= 0.3 is 0 Å². The number of aromatic nitrogens is 1. The van der Waals surface area contributed by atoms with Gasteiger partial charge in [-0.1, -0.05) is 35.4 Å². The Morgan fingerprint density at radius 1 is 1.03 bits per heavy atom. The van der Waals surface area contributed by atoms with Crippen LogP contribution in [0.3, 0.4) is 0 Å². The Hall–Kier alpha value is -3.71. The molecule has 0 unspecified atom stereocenters. The van der Waals surface area contributed by atoms with Crippen molar-refractivity contribution >= 4 is 40.8 Å². The maximum atomic E-state index is 13.1. The van der Waals surface area contributed by atoms with E-state index in [0.717, 1.165) is 44.3 Å². The molecule has 1 saturated heterocycles. The van der Waals surface area contributed by atoms with Crippen molar-refractivity contribution in [3.63, 3.8) is 0 Å². The Morgan fingerprint density at radius 2 is 1.81 bits per heavy atom. The average Bonchev–Trinajstić information content (AvgIpc) is 3.58. The molecule has 0 atom stereocenters. The lowest BCUT2D eigenvalue weighted by Gasteiger charge is -2.21. The minimum absolute atomic E-state index is 0.107. The van der Waals surface area contributed by atoms with Gasteiger partial charge < -0.3 is 15.5 Å². The molecule has 1 aromatic heterocycles. The van der Waals surface area contributed by atoms with E-state index in [1.54, 1.807) is 24.3 Å². The number of aryl methyl sites for hydroxylation is 1. The first-order valence-electron chi connectivity index (χ1n) is 12.6. The summed E-state index contributed by atoms with van der Waals surface area (Å²) in [6, 6.07) is 16.3. The lowest BCUT2D eigenvalue weighted by molar-refractivity contribution is -0.127. The van der Waals surface area contributed by atoms with Crippen LogP contribution in [-0.2, 0) is 10.2 Å². The van der Waals surface area contributed by atoms with E-state index in [2.05, 4.69) is 15.6 Å². The van der Waals surface area contributed by atoms with Crippen LogP contribution in [0.2, 0.25) is 5.02 Å². The Labute approximate surface area is 221 Å². The van der Waals surface area contributed by atoms with Crippen LogP contribution in [0.1, 0.15) is 63.9 Å². The van der Waals surface area contributed by atoms with Crippen molar-refractivity contribution in [2.75, 3.05) is 23.7 Å². The lowest BCUT2D eigenvalue weighted by Crippen LogP contribution is -2.28. The van der Waals surface area contributed by atoms with Gasteiger partial charge in [-0.25, -0.2) is 4.98 Å². The summed E-state index contributed by atoms with van der Waals surface area (Å²) in [5.41, 5.74) is 3.48. The minimum Gasteiger partial charge on any atom is -0.343 e. The standard InChI is InChI=1S/C29H29ClN4O3/c1-19-4-10-24(23(17-19)28(37)33-25-11-9-22(30)18-31-25)32-27(36)20-5-7-21(8-6-20)29(12-13-29)14-16-34-15-2-3-26(34)35/h4-11,17-18H,2-3,12-16H2,1H3,(H,32,36)(H,31,33,37). The van der Waals surface area contributed by atoms with Crippen LogP contribution in [0, 0.1) is 6.92 Å². The molecule has 3 amide bonds.